The number of benzene rings is 1. The minimum Gasteiger partial charge on any atom is -0.309 e. The molecule has 1 aromatic carbocycles. The maximum Gasteiger partial charge on any atom is 0.332 e. The third-order valence-electron chi connectivity index (χ3n) is 4.95. The first kappa shape index (κ1) is 18.2. The number of ketones is 1. The lowest BCUT2D eigenvalue weighted by Crippen LogP contribution is -2.52. The molecule has 140 valence electrons. The van der Waals surface area contributed by atoms with Crippen LogP contribution in [0.2, 0.25) is 4.34 Å². The van der Waals surface area contributed by atoms with Gasteiger partial charge in [-0.25, -0.2) is 9.69 Å². The first-order valence-electron chi connectivity index (χ1n) is 8.66. The van der Waals surface area contributed by atoms with Gasteiger partial charge in [0, 0.05) is 36.6 Å². The number of fused-ring (bicyclic) bond motifs is 1. The molecule has 2 saturated heterocycles. The van der Waals surface area contributed by atoms with Gasteiger partial charge in [0.2, 0.25) is 0 Å². The van der Waals surface area contributed by atoms with E-state index in [-0.39, 0.29) is 17.7 Å². The molecular weight excluding hydrogens is 386 g/mol. The normalized spacial score (nSPS) is 20.3. The van der Waals surface area contributed by atoms with Crippen LogP contribution in [0.25, 0.3) is 0 Å². The molecule has 0 saturated carbocycles. The second-order valence-corrected chi connectivity index (χ2v) is 8.51. The van der Waals surface area contributed by atoms with E-state index in [1.54, 1.807) is 29.2 Å². The molecular formula is C19H18ClN3O3S. The molecule has 4 rings (SSSR count). The fraction of sp³-hybridized carbons (Fsp3) is 0.316. The number of Topliss-reactive ketones (excluding diaryl/α,β-unsaturated/α-hetero) is 1. The highest BCUT2D eigenvalue weighted by molar-refractivity contribution is 7.16. The Hall–Kier alpha value is -2.22. The van der Waals surface area contributed by atoms with Crippen LogP contribution in [-0.4, -0.2) is 53.2 Å². The van der Waals surface area contributed by atoms with E-state index in [2.05, 4.69) is 4.90 Å². The van der Waals surface area contributed by atoms with Gasteiger partial charge >= 0.3 is 6.03 Å². The molecule has 3 heterocycles. The van der Waals surface area contributed by atoms with Crippen LogP contribution < -0.4 is 4.90 Å². The van der Waals surface area contributed by atoms with Crippen molar-refractivity contribution in [3.05, 3.63) is 51.2 Å². The molecule has 2 aliphatic rings. The van der Waals surface area contributed by atoms with Crippen LogP contribution in [0.3, 0.4) is 0 Å². The molecule has 0 radical (unpaired) electrons. The Balaban J connectivity index is 1.51. The van der Waals surface area contributed by atoms with Crippen molar-refractivity contribution in [2.75, 3.05) is 24.5 Å². The number of hydrogen-bond donors (Lipinski definition) is 0. The number of anilines is 1. The molecule has 27 heavy (non-hydrogen) atoms. The summed E-state index contributed by atoms with van der Waals surface area (Å²) in [5.41, 5.74) is 1.05. The second-order valence-electron chi connectivity index (χ2n) is 6.71. The zero-order valence-electron chi connectivity index (χ0n) is 14.7. The fourth-order valence-electron chi connectivity index (χ4n) is 3.54. The summed E-state index contributed by atoms with van der Waals surface area (Å²) in [6, 6.07) is 9.67. The molecule has 2 aliphatic heterocycles. The largest absolute Gasteiger partial charge is 0.332 e. The fourth-order valence-corrected chi connectivity index (χ4v) is 4.67. The first-order chi connectivity index (χ1) is 12.9. The Bertz CT molecular complexity index is 911. The third-order valence-corrected chi connectivity index (χ3v) is 6.16. The molecule has 1 aromatic heterocycles. The van der Waals surface area contributed by atoms with E-state index in [4.69, 9.17) is 11.6 Å². The van der Waals surface area contributed by atoms with E-state index in [0.29, 0.717) is 30.9 Å². The molecule has 1 unspecified atom stereocenters. The van der Waals surface area contributed by atoms with Crippen LogP contribution in [0.1, 0.15) is 22.2 Å². The smallest absolute Gasteiger partial charge is 0.309 e. The number of piperazine rings is 1. The summed E-state index contributed by atoms with van der Waals surface area (Å²) in [7, 11) is 0. The van der Waals surface area contributed by atoms with Crippen LogP contribution in [0.5, 0.6) is 0 Å². The highest BCUT2D eigenvalue weighted by atomic mass is 35.5. The predicted molar refractivity (Wildman–Crippen MR) is 104 cm³/mol. The number of carbonyl (C=O) groups excluding carboxylic acids is 3. The molecule has 0 spiro atoms. The Morgan fingerprint density at radius 2 is 1.89 bits per heavy atom. The standard InChI is InChI=1S/C19H18ClN3O3S/c1-12(24)13-2-4-14(5-3-13)23-18(25)16-11-21(8-9-22(16)19(23)26)10-15-6-7-17(20)27-15/h2-7,16H,8-11H2,1H3. The average Bonchev–Trinajstić information content (AvgIpc) is 3.16. The number of amides is 3. The van der Waals surface area contributed by atoms with Crippen molar-refractivity contribution in [1.82, 2.24) is 9.80 Å². The van der Waals surface area contributed by atoms with Crippen molar-refractivity contribution in [1.29, 1.82) is 0 Å². The lowest BCUT2D eigenvalue weighted by Gasteiger charge is -2.34. The molecule has 2 aromatic rings. The lowest BCUT2D eigenvalue weighted by atomic mass is 10.1. The number of urea groups is 1. The summed E-state index contributed by atoms with van der Waals surface area (Å²) >= 11 is 7.52. The summed E-state index contributed by atoms with van der Waals surface area (Å²) in [5.74, 6) is -0.271. The quantitative estimate of drug-likeness (QED) is 0.580. The van der Waals surface area contributed by atoms with Gasteiger partial charge in [0.05, 0.1) is 10.0 Å². The number of thiophene rings is 1. The molecule has 6 nitrogen and oxygen atoms in total. The number of halogens is 1. The van der Waals surface area contributed by atoms with Gasteiger partial charge in [-0.05, 0) is 43.3 Å². The van der Waals surface area contributed by atoms with Gasteiger partial charge in [-0.15, -0.1) is 11.3 Å². The number of imide groups is 1. The number of carbonyl (C=O) groups is 3. The monoisotopic (exact) mass is 403 g/mol. The van der Waals surface area contributed by atoms with Crippen molar-refractivity contribution in [3.63, 3.8) is 0 Å². The van der Waals surface area contributed by atoms with Crippen LogP contribution in [-0.2, 0) is 11.3 Å². The van der Waals surface area contributed by atoms with Gasteiger partial charge in [-0.1, -0.05) is 11.6 Å². The van der Waals surface area contributed by atoms with Crippen molar-refractivity contribution >= 4 is 46.3 Å². The van der Waals surface area contributed by atoms with Gasteiger partial charge in [0.25, 0.3) is 5.91 Å². The molecule has 2 fully saturated rings. The van der Waals surface area contributed by atoms with E-state index in [9.17, 15) is 14.4 Å². The molecule has 0 N–H and O–H groups in total. The van der Waals surface area contributed by atoms with Crippen molar-refractivity contribution in [3.8, 4) is 0 Å². The Labute approximate surface area is 165 Å². The van der Waals surface area contributed by atoms with Gasteiger partial charge in [0.15, 0.2) is 5.78 Å². The number of hydrogen-bond acceptors (Lipinski definition) is 5. The first-order valence-corrected chi connectivity index (χ1v) is 9.85. The Morgan fingerprint density at radius 1 is 1.15 bits per heavy atom. The highest BCUT2D eigenvalue weighted by Gasteiger charge is 2.48. The third kappa shape index (κ3) is 3.38. The van der Waals surface area contributed by atoms with Crippen LogP contribution in [0, 0.1) is 0 Å². The van der Waals surface area contributed by atoms with Gasteiger partial charge in [0.1, 0.15) is 6.04 Å². The van der Waals surface area contributed by atoms with E-state index < -0.39 is 6.04 Å². The second kappa shape index (κ2) is 7.07. The summed E-state index contributed by atoms with van der Waals surface area (Å²) < 4.78 is 0.746. The van der Waals surface area contributed by atoms with E-state index in [1.165, 1.54) is 23.2 Å². The van der Waals surface area contributed by atoms with Crippen LogP contribution >= 0.6 is 22.9 Å². The van der Waals surface area contributed by atoms with Gasteiger partial charge in [-0.3, -0.25) is 14.5 Å². The maximum absolute atomic E-state index is 12.9. The van der Waals surface area contributed by atoms with E-state index in [0.717, 1.165) is 15.8 Å². The summed E-state index contributed by atoms with van der Waals surface area (Å²) in [5, 5.41) is 0. The minimum absolute atomic E-state index is 0.0534. The van der Waals surface area contributed by atoms with E-state index in [1.807, 2.05) is 12.1 Å². The Kier molecular flexibility index (Phi) is 4.75. The molecule has 3 amide bonds. The summed E-state index contributed by atoms with van der Waals surface area (Å²) in [6.45, 7) is 3.92. The molecule has 0 aliphatic carbocycles. The van der Waals surface area contributed by atoms with Crippen molar-refractivity contribution in [2.24, 2.45) is 0 Å². The predicted octanol–water partition coefficient (Wildman–Crippen LogP) is 3.26. The lowest BCUT2D eigenvalue weighted by molar-refractivity contribution is -0.121. The zero-order chi connectivity index (χ0) is 19.1. The van der Waals surface area contributed by atoms with Crippen LogP contribution in [0.4, 0.5) is 10.5 Å². The summed E-state index contributed by atoms with van der Waals surface area (Å²) in [4.78, 5) is 43.3. The highest BCUT2D eigenvalue weighted by Crippen LogP contribution is 2.29. The van der Waals surface area contributed by atoms with Crippen LogP contribution in [0.15, 0.2) is 36.4 Å². The molecule has 0 bridgehead atoms. The minimum atomic E-state index is -0.478. The maximum atomic E-state index is 12.9. The van der Waals surface area contributed by atoms with E-state index >= 15 is 0 Å². The zero-order valence-corrected chi connectivity index (χ0v) is 16.3. The van der Waals surface area contributed by atoms with Gasteiger partial charge < -0.3 is 4.90 Å². The summed E-state index contributed by atoms with van der Waals surface area (Å²) in [6.07, 6.45) is 0. The SMILES string of the molecule is CC(=O)c1ccc(N2C(=O)C3CN(Cc4ccc(Cl)s4)CCN3C2=O)cc1. The van der Waals surface area contributed by atoms with Crippen molar-refractivity contribution in [2.45, 2.75) is 19.5 Å². The average molecular weight is 404 g/mol. The molecule has 1 atom stereocenters. The number of nitrogens with zero attached hydrogens (tertiary/aromatic N) is 3. The van der Waals surface area contributed by atoms with Gasteiger partial charge in [-0.2, -0.15) is 0 Å². The molecule has 8 heteroatoms. The topological polar surface area (TPSA) is 60.9 Å². The Morgan fingerprint density at radius 3 is 2.52 bits per heavy atom. The number of rotatable bonds is 4. The van der Waals surface area contributed by atoms with Crippen molar-refractivity contribution < 1.29 is 14.4 Å².